The number of furan rings is 1. The van der Waals surface area contributed by atoms with Gasteiger partial charge in [0.2, 0.25) is 0 Å². The van der Waals surface area contributed by atoms with Crippen LogP contribution in [-0.4, -0.2) is 19.6 Å². The highest BCUT2D eigenvalue weighted by Gasteiger charge is 2.19. The maximum Gasteiger partial charge on any atom is 0.287 e. The predicted molar refractivity (Wildman–Crippen MR) is 99.7 cm³/mol. The molecule has 0 aliphatic heterocycles. The van der Waals surface area contributed by atoms with Crippen LogP contribution in [0.15, 0.2) is 40.8 Å². The second kappa shape index (κ2) is 7.19. The molecular weight excluding hydrogens is 338 g/mol. The number of nitrogens with one attached hydrogen (secondary N) is 1. The van der Waals surface area contributed by atoms with E-state index in [1.807, 2.05) is 50.2 Å². The van der Waals surface area contributed by atoms with Crippen LogP contribution in [0.2, 0.25) is 5.02 Å². The van der Waals surface area contributed by atoms with Crippen LogP contribution in [0, 0.1) is 13.8 Å². The molecule has 1 amide bonds. The normalized spacial score (nSPS) is 10.9. The number of halogens is 1. The van der Waals surface area contributed by atoms with Gasteiger partial charge in [-0.25, -0.2) is 0 Å². The number of amides is 1. The van der Waals surface area contributed by atoms with Crippen LogP contribution in [0.3, 0.4) is 0 Å². The lowest BCUT2D eigenvalue weighted by Crippen LogP contribution is -2.25. The highest BCUT2D eigenvalue weighted by atomic mass is 35.5. The summed E-state index contributed by atoms with van der Waals surface area (Å²) >= 11 is 6.23. The van der Waals surface area contributed by atoms with Gasteiger partial charge in [-0.15, -0.1) is 0 Å². The fraction of sp³-hybridized carbons (Fsp3) is 0.250. The number of hydrogen-bond donors (Lipinski definition) is 1. The zero-order valence-electron chi connectivity index (χ0n) is 14.5. The first-order valence-electron chi connectivity index (χ1n) is 8.10. The third kappa shape index (κ3) is 3.64. The van der Waals surface area contributed by atoms with Gasteiger partial charge in [-0.05, 0) is 55.7 Å². The smallest absolute Gasteiger partial charge is 0.287 e. The number of fused-ring (bicyclic) bond motifs is 1. The Morgan fingerprint density at radius 3 is 2.60 bits per heavy atom. The Balaban J connectivity index is 1.69. The molecule has 1 heterocycles. The molecule has 0 spiro atoms. The Morgan fingerprint density at radius 2 is 1.92 bits per heavy atom. The highest BCUT2D eigenvalue weighted by molar-refractivity contribution is 6.35. The molecule has 0 unspecified atom stereocenters. The summed E-state index contributed by atoms with van der Waals surface area (Å²) in [4.78, 5) is 12.5. The van der Waals surface area contributed by atoms with Crippen molar-refractivity contribution in [3.8, 4) is 5.75 Å². The maximum absolute atomic E-state index is 12.5. The van der Waals surface area contributed by atoms with E-state index >= 15 is 0 Å². The van der Waals surface area contributed by atoms with Gasteiger partial charge in [0.1, 0.15) is 5.75 Å². The van der Waals surface area contributed by atoms with E-state index in [9.17, 15) is 4.79 Å². The van der Waals surface area contributed by atoms with Gasteiger partial charge >= 0.3 is 0 Å². The largest absolute Gasteiger partial charge is 0.497 e. The van der Waals surface area contributed by atoms with Gasteiger partial charge in [-0.2, -0.15) is 0 Å². The van der Waals surface area contributed by atoms with E-state index in [0.717, 1.165) is 34.2 Å². The van der Waals surface area contributed by atoms with E-state index in [1.165, 1.54) is 0 Å². The fourth-order valence-corrected chi connectivity index (χ4v) is 3.13. The van der Waals surface area contributed by atoms with Crippen LogP contribution >= 0.6 is 11.6 Å². The number of ether oxygens (including phenoxy) is 1. The quantitative estimate of drug-likeness (QED) is 0.721. The molecule has 25 heavy (non-hydrogen) atoms. The molecule has 0 aliphatic rings. The first kappa shape index (κ1) is 17.4. The van der Waals surface area contributed by atoms with E-state index < -0.39 is 0 Å². The minimum absolute atomic E-state index is 0.226. The van der Waals surface area contributed by atoms with Gasteiger partial charge in [0.05, 0.1) is 12.1 Å². The van der Waals surface area contributed by atoms with Crippen LogP contribution in [-0.2, 0) is 6.42 Å². The minimum Gasteiger partial charge on any atom is -0.497 e. The maximum atomic E-state index is 12.5. The highest BCUT2D eigenvalue weighted by Crippen LogP contribution is 2.32. The average molecular weight is 358 g/mol. The average Bonchev–Trinajstić information content (AvgIpc) is 2.93. The third-order valence-corrected chi connectivity index (χ3v) is 4.48. The summed E-state index contributed by atoms with van der Waals surface area (Å²) in [5.41, 5.74) is 3.53. The monoisotopic (exact) mass is 357 g/mol. The number of methoxy groups -OCH3 is 1. The van der Waals surface area contributed by atoms with Crippen molar-refractivity contribution in [1.29, 1.82) is 0 Å². The predicted octanol–water partition coefficient (Wildman–Crippen LogP) is 4.68. The molecule has 0 saturated carbocycles. The van der Waals surface area contributed by atoms with E-state index in [1.54, 1.807) is 7.11 Å². The number of benzene rings is 2. The SMILES string of the molecule is COc1ccc(CCNC(=O)c2oc3c(Cl)cc(C)cc3c2C)cc1. The topological polar surface area (TPSA) is 51.5 Å². The van der Waals surface area contributed by atoms with Crippen molar-refractivity contribution in [3.63, 3.8) is 0 Å². The van der Waals surface area contributed by atoms with Crippen molar-refractivity contribution in [2.45, 2.75) is 20.3 Å². The number of carbonyl (C=O) groups is 1. The summed E-state index contributed by atoms with van der Waals surface area (Å²) in [6.07, 6.45) is 0.731. The molecule has 0 atom stereocenters. The Labute approximate surface area is 151 Å². The Kier molecular flexibility index (Phi) is 5.00. The molecule has 0 radical (unpaired) electrons. The summed E-state index contributed by atoms with van der Waals surface area (Å²) in [5, 5.41) is 4.31. The van der Waals surface area contributed by atoms with Crippen molar-refractivity contribution in [2.24, 2.45) is 0 Å². The summed E-state index contributed by atoms with van der Waals surface area (Å²) in [6, 6.07) is 11.6. The summed E-state index contributed by atoms with van der Waals surface area (Å²) in [5.74, 6) is 0.908. The van der Waals surface area contributed by atoms with E-state index in [4.69, 9.17) is 20.8 Å². The molecule has 1 aromatic heterocycles. The van der Waals surface area contributed by atoms with Gasteiger partial charge in [0.15, 0.2) is 11.3 Å². The van der Waals surface area contributed by atoms with Crippen molar-refractivity contribution >= 4 is 28.5 Å². The first-order chi connectivity index (χ1) is 12.0. The van der Waals surface area contributed by atoms with Gasteiger partial charge in [0.25, 0.3) is 5.91 Å². The lowest BCUT2D eigenvalue weighted by atomic mass is 10.1. The van der Waals surface area contributed by atoms with Crippen molar-refractivity contribution in [2.75, 3.05) is 13.7 Å². The van der Waals surface area contributed by atoms with Gasteiger partial charge < -0.3 is 14.5 Å². The van der Waals surface area contributed by atoms with Crippen LogP contribution < -0.4 is 10.1 Å². The lowest BCUT2D eigenvalue weighted by molar-refractivity contribution is 0.0928. The zero-order valence-corrected chi connectivity index (χ0v) is 15.2. The first-order valence-corrected chi connectivity index (χ1v) is 8.47. The van der Waals surface area contributed by atoms with Gasteiger partial charge in [-0.3, -0.25) is 4.79 Å². The second-order valence-electron chi connectivity index (χ2n) is 6.03. The van der Waals surface area contributed by atoms with Crippen molar-refractivity contribution in [1.82, 2.24) is 5.32 Å². The fourth-order valence-electron chi connectivity index (χ4n) is 2.82. The Hall–Kier alpha value is -2.46. The molecule has 1 N–H and O–H groups in total. The molecule has 0 saturated heterocycles. The van der Waals surface area contributed by atoms with Crippen LogP contribution in [0.5, 0.6) is 5.75 Å². The van der Waals surface area contributed by atoms with Gasteiger partial charge in [-0.1, -0.05) is 23.7 Å². The number of aryl methyl sites for hydroxylation is 2. The number of carbonyl (C=O) groups excluding carboxylic acids is 1. The Morgan fingerprint density at radius 1 is 1.20 bits per heavy atom. The zero-order chi connectivity index (χ0) is 18.0. The van der Waals surface area contributed by atoms with Gasteiger partial charge in [0, 0.05) is 17.5 Å². The van der Waals surface area contributed by atoms with E-state index in [2.05, 4.69) is 5.32 Å². The van der Waals surface area contributed by atoms with Crippen LogP contribution in [0.4, 0.5) is 0 Å². The summed E-state index contributed by atoms with van der Waals surface area (Å²) < 4.78 is 10.9. The molecule has 130 valence electrons. The molecule has 3 aromatic rings. The standard InChI is InChI=1S/C20H20ClNO3/c1-12-10-16-13(2)18(25-19(16)17(21)11-12)20(23)22-9-8-14-4-6-15(24-3)7-5-14/h4-7,10-11H,8-9H2,1-3H3,(H,22,23). The Bertz CT molecular complexity index is 913. The summed E-state index contributed by atoms with van der Waals surface area (Å²) in [7, 11) is 1.64. The molecule has 0 aliphatic carbocycles. The second-order valence-corrected chi connectivity index (χ2v) is 6.44. The third-order valence-electron chi connectivity index (χ3n) is 4.20. The molecule has 5 heteroatoms. The minimum atomic E-state index is -0.226. The van der Waals surface area contributed by atoms with E-state index in [0.29, 0.717) is 22.9 Å². The van der Waals surface area contributed by atoms with Crippen molar-refractivity contribution in [3.05, 3.63) is 63.9 Å². The molecule has 2 aromatic carbocycles. The molecule has 0 fully saturated rings. The summed E-state index contributed by atoms with van der Waals surface area (Å²) in [6.45, 7) is 4.36. The lowest BCUT2D eigenvalue weighted by Gasteiger charge is -2.05. The molecule has 3 rings (SSSR count). The molecular formula is C20H20ClNO3. The van der Waals surface area contributed by atoms with Crippen LogP contribution in [0.1, 0.15) is 27.2 Å². The van der Waals surface area contributed by atoms with E-state index in [-0.39, 0.29) is 5.91 Å². The van der Waals surface area contributed by atoms with Crippen LogP contribution in [0.25, 0.3) is 11.0 Å². The number of hydrogen-bond acceptors (Lipinski definition) is 3. The molecule has 0 bridgehead atoms. The van der Waals surface area contributed by atoms with Crippen molar-refractivity contribution < 1.29 is 13.9 Å². The molecule has 4 nitrogen and oxygen atoms in total. The number of rotatable bonds is 5.